The minimum Gasteiger partial charge on any atom is -0.506 e. The molecule has 5 atom stereocenters. The van der Waals surface area contributed by atoms with E-state index in [9.17, 15) is 5.11 Å². The van der Waals surface area contributed by atoms with E-state index in [0.717, 1.165) is 10.9 Å². The summed E-state index contributed by atoms with van der Waals surface area (Å²) in [6.07, 6.45) is -5.45. The summed E-state index contributed by atoms with van der Waals surface area (Å²) in [5.41, 5.74) is 0.972. The van der Waals surface area contributed by atoms with E-state index in [2.05, 4.69) is 9.72 Å². The first-order valence-corrected chi connectivity index (χ1v) is 6.69. The van der Waals surface area contributed by atoms with E-state index in [1.54, 1.807) is 6.20 Å². The van der Waals surface area contributed by atoms with Crippen LogP contribution in [0.4, 0.5) is 0 Å². The molecule has 0 aliphatic carbocycles. The van der Waals surface area contributed by atoms with Crippen molar-refractivity contribution < 1.29 is 35.4 Å². The molecule has 1 saturated heterocycles. The van der Waals surface area contributed by atoms with Crippen LogP contribution in [0.5, 0.6) is 5.75 Å². The Morgan fingerprint density at radius 3 is 2.32 bits per heavy atom. The van der Waals surface area contributed by atoms with Crippen LogP contribution < -0.4 is 0 Å². The number of ether oxygens (including phenoxy) is 1. The quantitative estimate of drug-likeness (QED) is 0.344. The predicted octanol–water partition coefficient (Wildman–Crippen LogP) is -1.35. The molecule has 0 amide bonds. The van der Waals surface area contributed by atoms with Crippen LogP contribution in [0.3, 0.4) is 0 Å². The van der Waals surface area contributed by atoms with Gasteiger partial charge in [-0.2, -0.15) is 0 Å². The van der Waals surface area contributed by atoms with Crippen LogP contribution in [0.2, 0.25) is 0 Å². The molecule has 1 aromatic carbocycles. The van der Waals surface area contributed by atoms with Crippen LogP contribution in [0.15, 0.2) is 30.5 Å². The molecule has 1 aliphatic heterocycles. The van der Waals surface area contributed by atoms with Crippen LogP contribution in [-0.2, 0) is 4.74 Å². The number of aliphatic hydroxyl groups excluding tert-OH is 5. The van der Waals surface area contributed by atoms with Gasteiger partial charge < -0.3 is 40.4 Å². The average molecular weight is 313 g/mol. The van der Waals surface area contributed by atoms with Crippen molar-refractivity contribution in [2.45, 2.75) is 30.7 Å². The summed E-state index contributed by atoms with van der Waals surface area (Å²) < 4.78 is 4.58. The molecule has 0 unspecified atom stereocenters. The molecule has 1 aromatic heterocycles. The number of para-hydroxylation sites is 1. The van der Waals surface area contributed by atoms with Gasteiger partial charge in [0.2, 0.25) is 0 Å². The number of H-pyrrole nitrogens is 1. The highest BCUT2D eigenvalue weighted by Gasteiger charge is 2.42. The van der Waals surface area contributed by atoms with Gasteiger partial charge in [0.25, 0.3) is 0 Å². The van der Waals surface area contributed by atoms with Crippen molar-refractivity contribution in [3.05, 3.63) is 30.5 Å². The monoisotopic (exact) mass is 313 g/mol. The second kappa shape index (κ2) is 7.05. The van der Waals surface area contributed by atoms with Gasteiger partial charge in [0.15, 0.2) is 6.29 Å². The van der Waals surface area contributed by atoms with Gasteiger partial charge in [-0.05, 0) is 12.1 Å². The Hall–Kier alpha value is -1.68. The third-order valence-corrected chi connectivity index (χ3v) is 3.43. The molecular weight excluding hydrogens is 294 g/mol. The van der Waals surface area contributed by atoms with Gasteiger partial charge in [0.05, 0.1) is 6.61 Å². The summed E-state index contributed by atoms with van der Waals surface area (Å²) in [6.45, 7) is -0.526. The molecule has 2 heterocycles. The van der Waals surface area contributed by atoms with E-state index < -0.39 is 37.3 Å². The van der Waals surface area contributed by atoms with E-state index in [0.29, 0.717) is 5.75 Å². The molecule has 1 fully saturated rings. The Morgan fingerprint density at radius 2 is 1.68 bits per heavy atom. The number of fused-ring (bicyclic) bond motifs is 1. The van der Waals surface area contributed by atoms with Gasteiger partial charge in [-0.3, -0.25) is 0 Å². The Balaban J connectivity index is 0.000000162. The van der Waals surface area contributed by atoms with Gasteiger partial charge in [0.1, 0.15) is 30.2 Å². The van der Waals surface area contributed by atoms with Gasteiger partial charge in [-0.1, -0.05) is 12.1 Å². The first kappa shape index (κ1) is 16.7. The summed E-state index contributed by atoms with van der Waals surface area (Å²) in [6, 6.07) is 7.63. The second-order valence-electron chi connectivity index (χ2n) is 4.94. The van der Waals surface area contributed by atoms with Crippen molar-refractivity contribution in [1.82, 2.24) is 4.98 Å². The lowest BCUT2D eigenvalue weighted by atomic mass is 10.00. The Kier molecular flexibility index (Phi) is 5.35. The number of aliphatic hydroxyl groups is 5. The highest BCUT2D eigenvalue weighted by Crippen LogP contribution is 2.22. The fraction of sp³-hybridized carbons (Fsp3) is 0.429. The number of aromatic nitrogens is 1. The Labute approximate surface area is 125 Å². The lowest BCUT2D eigenvalue weighted by Crippen LogP contribution is -2.58. The normalized spacial score (nSPS) is 31.6. The fourth-order valence-electron chi connectivity index (χ4n) is 2.14. The third-order valence-electron chi connectivity index (χ3n) is 3.43. The van der Waals surface area contributed by atoms with Crippen molar-refractivity contribution in [3.63, 3.8) is 0 Å². The summed E-state index contributed by atoms with van der Waals surface area (Å²) in [5.74, 6) is 0.315. The Bertz CT molecular complexity index is 597. The van der Waals surface area contributed by atoms with Crippen molar-refractivity contribution >= 4 is 10.9 Å². The van der Waals surface area contributed by atoms with Crippen molar-refractivity contribution in [3.8, 4) is 5.75 Å². The largest absolute Gasteiger partial charge is 0.506 e. The van der Waals surface area contributed by atoms with Gasteiger partial charge in [-0.25, -0.2) is 0 Å². The zero-order valence-corrected chi connectivity index (χ0v) is 11.6. The van der Waals surface area contributed by atoms with E-state index in [-0.39, 0.29) is 0 Å². The SMILES string of the molecule is OC[C@H]1O[C@@H](O)[C@H](O)[C@@H](O)[C@@H]1O.Oc1c[nH]c2ccccc12. The number of nitrogens with one attached hydrogen (secondary N) is 1. The fourth-order valence-corrected chi connectivity index (χ4v) is 2.14. The summed E-state index contributed by atoms with van der Waals surface area (Å²) in [5, 5.41) is 54.7. The molecule has 0 bridgehead atoms. The summed E-state index contributed by atoms with van der Waals surface area (Å²) in [4.78, 5) is 2.94. The van der Waals surface area contributed by atoms with Crippen LogP contribution in [0.25, 0.3) is 10.9 Å². The van der Waals surface area contributed by atoms with E-state index >= 15 is 0 Å². The maximum Gasteiger partial charge on any atom is 0.184 e. The lowest BCUT2D eigenvalue weighted by molar-refractivity contribution is -0.286. The average Bonchev–Trinajstić information content (AvgIpc) is 2.91. The second-order valence-corrected chi connectivity index (χ2v) is 4.94. The first-order valence-electron chi connectivity index (χ1n) is 6.69. The molecule has 7 N–H and O–H groups in total. The summed E-state index contributed by atoms with van der Waals surface area (Å²) >= 11 is 0. The number of aromatic amines is 1. The smallest absolute Gasteiger partial charge is 0.184 e. The maximum atomic E-state index is 9.18. The first-order chi connectivity index (χ1) is 10.5. The van der Waals surface area contributed by atoms with E-state index in [4.69, 9.17) is 25.5 Å². The minimum atomic E-state index is -1.57. The van der Waals surface area contributed by atoms with Crippen molar-refractivity contribution in [2.24, 2.45) is 0 Å². The zero-order chi connectivity index (χ0) is 16.3. The molecule has 22 heavy (non-hydrogen) atoms. The topological polar surface area (TPSA) is 146 Å². The number of benzene rings is 1. The van der Waals surface area contributed by atoms with Crippen LogP contribution in [0, 0.1) is 0 Å². The van der Waals surface area contributed by atoms with E-state index in [1.165, 1.54) is 0 Å². The molecule has 2 aromatic rings. The Morgan fingerprint density at radius 1 is 1.00 bits per heavy atom. The van der Waals surface area contributed by atoms with E-state index in [1.807, 2.05) is 24.3 Å². The summed E-state index contributed by atoms with van der Waals surface area (Å²) in [7, 11) is 0. The lowest BCUT2D eigenvalue weighted by Gasteiger charge is -2.37. The number of rotatable bonds is 1. The van der Waals surface area contributed by atoms with Crippen LogP contribution >= 0.6 is 0 Å². The standard InChI is InChI=1S/C8H7NO.C6H12O6/c10-8-5-9-7-4-2-1-3-6(7)8;7-1-2-3(8)4(9)5(10)6(11)12-2/h1-5,9-10H;2-11H,1H2/t;2-,3-,4+,5-,6-/m.1/s1. The minimum absolute atomic E-state index is 0.315. The molecule has 1 aliphatic rings. The molecule has 8 heteroatoms. The van der Waals surface area contributed by atoms with Crippen LogP contribution in [-0.4, -0.2) is 72.9 Å². The molecule has 122 valence electrons. The van der Waals surface area contributed by atoms with Crippen LogP contribution in [0.1, 0.15) is 0 Å². The molecule has 8 nitrogen and oxygen atoms in total. The third kappa shape index (κ3) is 3.38. The number of hydrogen-bond acceptors (Lipinski definition) is 7. The molecular formula is C14H19NO7. The zero-order valence-electron chi connectivity index (χ0n) is 11.6. The molecule has 3 rings (SSSR count). The molecule has 0 radical (unpaired) electrons. The number of aromatic hydroxyl groups is 1. The van der Waals surface area contributed by atoms with Gasteiger partial charge in [0, 0.05) is 17.1 Å². The molecule has 0 spiro atoms. The number of hydrogen-bond donors (Lipinski definition) is 7. The van der Waals surface area contributed by atoms with Crippen molar-refractivity contribution in [1.29, 1.82) is 0 Å². The maximum absolute atomic E-state index is 9.18. The van der Waals surface area contributed by atoms with Crippen molar-refractivity contribution in [2.75, 3.05) is 6.61 Å². The molecule has 0 saturated carbocycles. The highest BCUT2D eigenvalue weighted by atomic mass is 16.6. The predicted molar refractivity (Wildman–Crippen MR) is 75.9 cm³/mol. The van der Waals surface area contributed by atoms with Gasteiger partial charge >= 0.3 is 0 Å². The highest BCUT2D eigenvalue weighted by molar-refractivity contribution is 5.85. The van der Waals surface area contributed by atoms with Gasteiger partial charge in [-0.15, -0.1) is 0 Å².